The van der Waals surface area contributed by atoms with Gasteiger partial charge in [0.2, 0.25) is 0 Å². The Balaban J connectivity index is 4.73. The van der Waals surface area contributed by atoms with E-state index in [1.165, 1.54) is 7.11 Å². The zero-order valence-electron chi connectivity index (χ0n) is 9.14. The van der Waals surface area contributed by atoms with Crippen LogP contribution in [0, 0.1) is 0 Å². The maximum Gasteiger partial charge on any atom is 0.329 e. The average molecular weight is 200 g/mol. The molecule has 0 saturated heterocycles. The molecule has 0 amide bonds. The van der Waals surface area contributed by atoms with E-state index in [4.69, 9.17) is 4.74 Å². The highest BCUT2D eigenvalue weighted by atomic mass is 28.3. The Labute approximate surface area is 82.0 Å². The molecule has 0 aromatic heterocycles. The molecule has 0 fully saturated rings. The topological polar surface area (TPSA) is 26.3 Å². The first-order chi connectivity index (χ1) is 6.07. The average Bonchev–Trinajstić information content (AvgIpc) is 2.20. The summed E-state index contributed by atoms with van der Waals surface area (Å²) in [5, 5.41) is 0.752. The van der Waals surface area contributed by atoms with Crippen molar-refractivity contribution >= 4 is 14.0 Å². The van der Waals surface area contributed by atoms with Gasteiger partial charge in [0.25, 0.3) is 0 Å². The van der Waals surface area contributed by atoms with Crippen LogP contribution < -0.4 is 0 Å². The lowest BCUT2D eigenvalue weighted by Crippen LogP contribution is -2.38. The highest BCUT2D eigenvalue weighted by Crippen LogP contribution is 2.27. The van der Waals surface area contributed by atoms with Crippen LogP contribution in [0.1, 0.15) is 20.8 Å². The zero-order valence-corrected chi connectivity index (χ0v) is 10.1. The number of carbonyl (C=O) groups is 1. The minimum atomic E-state index is -1.57. The molecule has 0 saturated carbocycles. The van der Waals surface area contributed by atoms with Gasteiger partial charge in [-0.2, -0.15) is 0 Å². The van der Waals surface area contributed by atoms with Crippen LogP contribution in [-0.2, 0) is 9.53 Å². The van der Waals surface area contributed by atoms with Crippen molar-refractivity contribution in [3.63, 3.8) is 0 Å². The Hall–Kier alpha value is -0.573. The molecule has 0 radical (unpaired) electrons. The molecular weight excluding hydrogens is 180 g/mol. The number of hydrogen-bond acceptors (Lipinski definition) is 2. The van der Waals surface area contributed by atoms with Gasteiger partial charge in [0.15, 0.2) is 0 Å². The van der Waals surface area contributed by atoms with Crippen LogP contribution in [0.5, 0.6) is 0 Å². The largest absolute Gasteiger partial charge is 0.466 e. The number of esters is 1. The first kappa shape index (κ1) is 12.4. The summed E-state index contributed by atoms with van der Waals surface area (Å²) in [7, 11) is -0.150. The van der Waals surface area contributed by atoms with Gasteiger partial charge >= 0.3 is 5.97 Å². The van der Waals surface area contributed by atoms with Crippen molar-refractivity contribution in [1.29, 1.82) is 0 Å². The summed E-state index contributed by atoms with van der Waals surface area (Å²) in [6.07, 6.45) is 0. The molecule has 76 valence electrons. The van der Waals surface area contributed by atoms with Crippen molar-refractivity contribution in [3.05, 3.63) is 11.8 Å². The van der Waals surface area contributed by atoms with Crippen molar-refractivity contribution in [2.75, 3.05) is 7.11 Å². The van der Waals surface area contributed by atoms with Crippen LogP contribution in [0.4, 0.5) is 0 Å². The number of rotatable bonds is 5. The predicted molar refractivity (Wildman–Crippen MR) is 58.4 cm³/mol. The molecule has 0 aliphatic rings. The van der Waals surface area contributed by atoms with Crippen LogP contribution in [0.3, 0.4) is 0 Å². The van der Waals surface area contributed by atoms with E-state index in [-0.39, 0.29) is 5.97 Å². The number of ether oxygens (including phenoxy) is 1. The molecule has 0 aliphatic carbocycles. The van der Waals surface area contributed by atoms with Crippen LogP contribution in [0.25, 0.3) is 0 Å². The van der Waals surface area contributed by atoms with Gasteiger partial charge in [0.05, 0.1) is 15.2 Å². The molecule has 0 spiro atoms. The Bertz CT molecular complexity index is 187. The van der Waals surface area contributed by atoms with Gasteiger partial charge in [-0.1, -0.05) is 45.5 Å². The zero-order chi connectivity index (χ0) is 10.5. The Morgan fingerprint density at radius 1 is 1.23 bits per heavy atom. The molecule has 13 heavy (non-hydrogen) atoms. The maximum absolute atomic E-state index is 11.3. The van der Waals surface area contributed by atoms with Crippen LogP contribution in [0.15, 0.2) is 11.8 Å². The first-order valence-corrected chi connectivity index (χ1v) is 7.47. The van der Waals surface area contributed by atoms with E-state index in [2.05, 4.69) is 27.4 Å². The van der Waals surface area contributed by atoms with Gasteiger partial charge in [-0.05, 0) is 0 Å². The summed E-state index contributed by atoms with van der Waals surface area (Å²) < 4.78 is 4.72. The molecule has 0 N–H and O–H groups in total. The number of hydrogen-bond donors (Lipinski definition) is 0. The molecule has 2 nitrogen and oxygen atoms in total. The maximum atomic E-state index is 11.3. The molecule has 0 atom stereocenters. The van der Waals surface area contributed by atoms with Crippen molar-refractivity contribution in [1.82, 2.24) is 0 Å². The second kappa shape index (κ2) is 5.22. The predicted octanol–water partition coefficient (Wildman–Crippen LogP) is 2.76. The summed E-state index contributed by atoms with van der Waals surface area (Å²) in [4.78, 5) is 11.3. The van der Waals surface area contributed by atoms with E-state index in [0.29, 0.717) is 0 Å². The molecule has 3 heteroatoms. The summed E-state index contributed by atoms with van der Waals surface area (Å²) in [6.45, 7) is 10.3. The summed E-state index contributed by atoms with van der Waals surface area (Å²) in [5.41, 5.74) is 0. The van der Waals surface area contributed by atoms with Crippen molar-refractivity contribution in [2.24, 2.45) is 0 Å². The summed E-state index contributed by atoms with van der Waals surface area (Å²) in [6, 6.07) is 3.23. The van der Waals surface area contributed by atoms with E-state index >= 15 is 0 Å². The van der Waals surface area contributed by atoms with E-state index in [0.717, 1.165) is 23.3 Å². The minimum Gasteiger partial charge on any atom is -0.466 e. The molecule has 0 rings (SSSR count). The van der Waals surface area contributed by atoms with Gasteiger partial charge in [-0.3, -0.25) is 0 Å². The Kier molecular flexibility index (Phi) is 4.99. The van der Waals surface area contributed by atoms with Crippen molar-refractivity contribution in [2.45, 2.75) is 38.9 Å². The summed E-state index contributed by atoms with van der Waals surface area (Å²) in [5.74, 6) is -0.211. The lowest BCUT2D eigenvalue weighted by atomic mass is 10.6. The summed E-state index contributed by atoms with van der Waals surface area (Å²) >= 11 is 0. The molecule has 0 aromatic carbocycles. The molecule has 0 aliphatic heterocycles. The van der Waals surface area contributed by atoms with Crippen molar-refractivity contribution < 1.29 is 9.53 Å². The van der Waals surface area contributed by atoms with E-state index < -0.39 is 8.07 Å². The van der Waals surface area contributed by atoms with E-state index in [1.54, 1.807) is 0 Å². The smallest absolute Gasteiger partial charge is 0.329 e. The van der Waals surface area contributed by atoms with Crippen LogP contribution >= 0.6 is 0 Å². The fraction of sp³-hybridized carbons (Fsp3) is 0.700. The number of methoxy groups -OCH3 is 1. The Morgan fingerprint density at radius 2 is 1.62 bits per heavy atom. The molecular formula is C10H20O2Si. The monoisotopic (exact) mass is 200 g/mol. The quantitative estimate of drug-likeness (QED) is 0.387. The third kappa shape index (κ3) is 2.43. The van der Waals surface area contributed by atoms with Crippen LogP contribution in [-0.4, -0.2) is 21.2 Å². The minimum absolute atomic E-state index is 0.211. The third-order valence-corrected chi connectivity index (χ3v) is 8.65. The van der Waals surface area contributed by atoms with Gasteiger partial charge in [0, 0.05) is 5.20 Å². The van der Waals surface area contributed by atoms with Crippen molar-refractivity contribution in [3.8, 4) is 0 Å². The van der Waals surface area contributed by atoms with E-state index in [1.807, 2.05) is 0 Å². The van der Waals surface area contributed by atoms with Gasteiger partial charge in [-0.15, -0.1) is 0 Å². The molecule has 0 bridgehead atoms. The second-order valence-electron chi connectivity index (χ2n) is 3.31. The highest BCUT2D eigenvalue weighted by Gasteiger charge is 2.34. The van der Waals surface area contributed by atoms with Gasteiger partial charge in [0.1, 0.15) is 0 Å². The Morgan fingerprint density at radius 3 is 1.85 bits per heavy atom. The fourth-order valence-electron chi connectivity index (χ4n) is 1.73. The SMILES string of the molecule is C=C(C(=O)OC)[Si](CC)(CC)CC. The third-order valence-electron chi connectivity index (χ3n) is 3.10. The normalized spacial score (nSPS) is 11.1. The second-order valence-corrected chi connectivity index (χ2v) is 8.60. The first-order valence-electron chi connectivity index (χ1n) is 4.85. The number of carbonyl (C=O) groups excluding carboxylic acids is 1. The highest BCUT2D eigenvalue weighted by molar-refractivity contribution is 6.89. The van der Waals surface area contributed by atoms with E-state index in [9.17, 15) is 4.79 Å². The fourth-order valence-corrected chi connectivity index (χ4v) is 5.05. The standard InChI is InChI=1S/C10H20O2Si/c1-6-13(7-2,8-3)9(4)10(11)12-5/h4,6-8H2,1-3,5H3. The molecule has 0 heterocycles. The van der Waals surface area contributed by atoms with Crippen LogP contribution in [0.2, 0.25) is 18.1 Å². The lowest BCUT2D eigenvalue weighted by Gasteiger charge is -2.28. The molecule has 0 unspecified atom stereocenters. The van der Waals surface area contributed by atoms with Gasteiger partial charge in [-0.25, -0.2) is 4.79 Å². The van der Waals surface area contributed by atoms with Gasteiger partial charge < -0.3 is 4.74 Å². The lowest BCUT2D eigenvalue weighted by molar-refractivity contribution is -0.135. The molecule has 0 aromatic rings.